The van der Waals surface area contributed by atoms with Gasteiger partial charge in [-0.3, -0.25) is 9.89 Å². The molecule has 0 bridgehead atoms. The number of anilines is 1. The van der Waals surface area contributed by atoms with Gasteiger partial charge in [0.2, 0.25) is 0 Å². The highest BCUT2D eigenvalue weighted by atomic mass is 16.3. The van der Waals surface area contributed by atoms with Crippen LogP contribution in [0.1, 0.15) is 18.6 Å². The number of hydrogen-bond donors (Lipinski definition) is 2. The molecule has 1 aromatic heterocycles. The number of para-hydroxylation sites is 1. The largest absolute Gasteiger partial charge is 0.469 e. The van der Waals surface area contributed by atoms with Gasteiger partial charge in [0.05, 0.1) is 6.26 Å². The van der Waals surface area contributed by atoms with Gasteiger partial charge >= 0.3 is 0 Å². The molecule has 1 aliphatic rings. The summed E-state index contributed by atoms with van der Waals surface area (Å²) in [7, 11) is 1.81. The summed E-state index contributed by atoms with van der Waals surface area (Å²) in [5, 5.41) is 6.73. The summed E-state index contributed by atoms with van der Waals surface area (Å²) in [6.45, 7) is 7.48. The van der Waals surface area contributed by atoms with E-state index in [0.29, 0.717) is 0 Å². The van der Waals surface area contributed by atoms with Crippen molar-refractivity contribution in [2.75, 3.05) is 57.8 Å². The van der Waals surface area contributed by atoms with Gasteiger partial charge in [0, 0.05) is 58.4 Å². The number of piperazine rings is 1. The Bertz CT molecular complexity index is 678. The van der Waals surface area contributed by atoms with Crippen molar-refractivity contribution < 1.29 is 4.42 Å². The van der Waals surface area contributed by atoms with Crippen LogP contribution in [0, 0.1) is 0 Å². The molecule has 0 amide bonds. The predicted octanol–water partition coefficient (Wildman–Crippen LogP) is 2.59. The third kappa shape index (κ3) is 6.60. The summed E-state index contributed by atoms with van der Waals surface area (Å²) >= 11 is 0. The highest BCUT2D eigenvalue weighted by molar-refractivity contribution is 5.79. The van der Waals surface area contributed by atoms with Crippen LogP contribution in [0.3, 0.4) is 0 Å². The molecule has 0 saturated carbocycles. The number of rotatable bonds is 9. The van der Waals surface area contributed by atoms with E-state index in [4.69, 9.17) is 4.42 Å². The van der Waals surface area contributed by atoms with Crippen molar-refractivity contribution in [2.24, 2.45) is 4.99 Å². The Morgan fingerprint density at radius 1 is 0.964 bits per heavy atom. The molecule has 28 heavy (non-hydrogen) atoms. The first-order valence-electron chi connectivity index (χ1n) is 10.3. The highest BCUT2D eigenvalue weighted by Crippen LogP contribution is 2.15. The van der Waals surface area contributed by atoms with Crippen LogP contribution in [0.2, 0.25) is 0 Å². The molecule has 0 spiro atoms. The number of benzene rings is 1. The minimum Gasteiger partial charge on any atom is -0.469 e. The lowest BCUT2D eigenvalue weighted by Gasteiger charge is -2.36. The van der Waals surface area contributed by atoms with Crippen molar-refractivity contribution in [1.29, 1.82) is 0 Å². The van der Waals surface area contributed by atoms with Crippen molar-refractivity contribution in [3.8, 4) is 0 Å². The maximum absolute atomic E-state index is 5.34. The monoisotopic (exact) mass is 383 g/mol. The number of furan rings is 1. The summed E-state index contributed by atoms with van der Waals surface area (Å²) in [4.78, 5) is 9.34. The molecule has 3 rings (SSSR count). The highest BCUT2D eigenvalue weighted by Gasteiger charge is 2.16. The van der Waals surface area contributed by atoms with Gasteiger partial charge < -0.3 is 20.0 Å². The third-order valence-electron chi connectivity index (χ3n) is 5.15. The minimum absolute atomic E-state index is 0.818. The summed E-state index contributed by atoms with van der Waals surface area (Å²) in [6, 6.07) is 14.6. The third-order valence-corrected chi connectivity index (χ3v) is 5.15. The van der Waals surface area contributed by atoms with Crippen molar-refractivity contribution in [2.45, 2.75) is 19.3 Å². The van der Waals surface area contributed by atoms with Crippen LogP contribution in [-0.4, -0.2) is 63.7 Å². The van der Waals surface area contributed by atoms with Gasteiger partial charge in [0.15, 0.2) is 5.96 Å². The second-order valence-corrected chi connectivity index (χ2v) is 7.13. The first-order chi connectivity index (χ1) is 13.8. The van der Waals surface area contributed by atoms with Crippen LogP contribution in [0.5, 0.6) is 0 Å². The van der Waals surface area contributed by atoms with Gasteiger partial charge in [-0.25, -0.2) is 0 Å². The van der Waals surface area contributed by atoms with Crippen molar-refractivity contribution in [1.82, 2.24) is 15.5 Å². The van der Waals surface area contributed by atoms with Crippen LogP contribution < -0.4 is 15.5 Å². The lowest BCUT2D eigenvalue weighted by molar-refractivity contribution is 0.253. The fourth-order valence-corrected chi connectivity index (χ4v) is 3.52. The zero-order valence-corrected chi connectivity index (χ0v) is 16.9. The standard InChI is InChI=1S/C22H33N5O/c1-23-22(25-13-11-21-10-7-19-28-21)24-12-5-6-14-26-15-17-27(18-16-26)20-8-3-2-4-9-20/h2-4,7-10,19H,5-6,11-18H2,1H3,(H2,23,24,25). The van der Waals surface area contributed by atoms with Crippen molar-refractivity contribution in [3.63, 3.8) is 0 Å². The number of nitrogens with one attached hydrogen (secondary N) is 2. The summed E-state index contributed by atoms with van der Waals surface area (Å²) < 4.78 is 5.34. The lowest BCUT2D eigenvalue weighted by atomic mass is 10.2. The Hall–Kier alpha value is -2.47. The molecule has 1 aliphatic heterocycles. The average Bonchev–Trinajstić information content (AvgIpc) is 3.27. The Balaban J connectivity index is 1.23. The Morgan fingerprint density at radius 2 is 1.75 bits per heavy atom. The molecule has 0 atom stereocenters. The van der Waals surface area contributed by atoms with E-state index in [1.807, 2.05) is 19.2 Å². The Morgan fingerprint density at radius 3 is 2.46 bits per heavy atom. The molecule has 1 saturated heterocycles. The molecule has 6 nitrogen and oxygen atoms in total. The van der Waals surface area contributed by atoms with Crippen molar-refractivity contribution in [3.05, 3.63) is 54.5 Å². The van der Waals surface area contributed by atoms with Gasteiger partial charge in [-0.05, 0) is 43.7 Å². The van der Waals surface area contributed by atoms with Crippen molar-refractivity contribution >= 4 is 11.6 Å². The van der Waals surface area contributed by atoms with Gasteiger partial charge in [0.1, 0.15) is 5.76 Å². The quantitative estimate of drug-likeness (QED) is 0.396. The van der Waals surface area contributed by atoms with E-state index in [-0.39, 0.29) is 0 Å². The second kappa shape index (κ2) is 11.4. The molecule has 2 N–H and O–H groups in total. The smallest absolute Gasteiger partial charge is 0.190 e. The van der Waals surface area contributed by atoms with Crippen LogP contribution in [0.4, 0.5) is 5.69 Å². The van der Waals surface area contributed by atoms with Gasteiger partial charge in [0.25, 0.3) is 0 Å². The molecular formula is C22H33N5O. The molecule has 1 fully saturated rings. The van der Waals surface area contributed by atoms with Crippen LogP contribution in [0.25, 0.3) is 0 Å². The van der Waals surface area contributed by atoms with Crippen LogP contribution in [-0.2, 0) is 6.42 Å². The Kier molecular flexibility index (Phi) is 8.25. The molecule has 2 heterocycles. The Labute approximate surface area is 168 Å². The van der Waals surface area contributed by atoms with Crippen LogP contribution >= 0.6 is 0 Å². The number of nitrogens with zero attached hydrogens (tertiary/aromatic N) is 3. The lowest BCUT2D eigenvalue weighted by Crippen LogP contribution is -2.46. The molecule has 1 aromatic carbocycles. The minimum atomic E-state index is 0.818. The number of unbranched alkanes of at least 4 members (excludes halogenated alkanes) is 1. The number of aliphatic imine (C=N–C) groups is 1. The van der Waals surface area contributed by atoms with E-state index >= 15 is 0 Å². The molecule has 0 radical (unpaired) electrons. The summed E-state index contributed by atoms with van der Waals surface area (Å²) in [5.74, 6) is 1.86. The normalized spacial score (nSPS) is 15.6. The molecule has 2 aromatic rings. The van der Waals surface area contributed by atoms with E-state index in [1.165, 1.54) is 18.7 Å². The average molecular weight is 384 g/mol. The van der Waals surface area contributed by atoms with E-state index in [1.54, 1.807) is 6.26 Å². The van der Waals surface area contributed by atoms with Gasteiger partial charge in [-0.15, -0.1) is 0 Å². The fraction of sp³-hybridized carbons (Fsp3) is 0.500. The molecule has 6 heteroatoms. The van der Waals surface area contributed by atoms with Gasteiger partial charge in [-0.1, -0.05) is 18.2 Å². The van der Waals surface area contributed by atoms with E-state index in [2.05, 4.69) is 55.8 Å². The number of hydrogen-bond acceptors (Lipinski definition) is 4. The first kappa shape index (κ1) is 20.3. The first-order valence-corrected chi connectivity index (χ1v) is 10.3. The summed E-state index contributed by atoms with van der Waals surface area (Å²) in [6.07, 6.45) is 4.94. The fourth-order valence-electron chi connectivity index (χ4n) is 3.52. The molecule has 152 valence electrons. The van der Waals surface area contributed by atoms with Gasteiger partial charge in [-0.2, -0.15) is 0 Å². The zero-order valence-electron chi connectivity index (χ0n) is 16.9. The van der Waals surface area contributed by atoms with E-state index < -0.39 is 0 Å². The SMILES string of the molecule is CN=C(NCCCCN1CCN(c2ccccc2)CC1)NCCc1ccco1. The van der Waals surface area contributed by atoms with Crippen LogP contribution in [0.15, 0.2) is 58.1 Å². The van der Waals surface area contributed by atoms with E-state index in [0.717, 1.165) is 63.8 Å². The zero-order chi connectivity index (χ0) is 19.4. The topological polar surface area (TPSA) is 56.0 Å². The maximum atomic E-state index is 5.34. The van der Waals surface area contributed by atoms with E-state index in [9.17, 15) is 0 Å². The number of guanidine groups is 1. The molecular weight excluding hydrogens is 350 g/mol. The second-order valence-electron chi connectivity index (χ2n) is 7.13. The summed E-state index contributed by atoms with van der Waals surface area (Å²) in [5.41, 5.74) is 1.34. The molecule has 0 aliphatic carbocycles. The predicted molar refractivity (Wildman–Crippen MR) is 116 cm³/mol. The molecule has 0 unspecified atom stereocenters. The maximum Gasteiger partial charge on any atom is 0.190 e.